The van der Waals surface area contributed by atoms with Crippen LogP contribution in [0.5, 0.6) is 0 Å². The van der Waals surface area contributed by atoms with Crippen molar-refractivity contribution in [2.75, 3.05) is 119 Å². The van der Waals surface area contributed by atoms with E-state index in [0.29, 0.717) is 98.6 Å². The van der Waals surface area contributed by atoms with Gasteiger partial charge in [0.1, 0.15) is 0 Å². The fourth-order valence-electron chi connectivity index (χ4n) is 2.89. The number of rotatable bonds is 23. The first-order valence-electron chi connectivity index (χ1n) is 11.7. The van der Waals surface area contributed by atoms with E-state index in [1.54, 1.807) is 0 Å². The summed E-state index contributed by atoms with van der Waals surface area (Å²) in [4.78, 5) is 2.34. The third-order valence-corrected chi connectivity index (χ3v) is 4.68. The third kappa shape index (κ3) is 20.0. The molecule has 1 aliphatic heterocycles. The van der Waals surface area contributed by atoms with E-state index in [9.17, 15) is 0 Å². The summed E-state index contributed by atoms with van der Waals surface area (Å²) in [6.07, 6.45) is 2.62. The van der Waals surface area contributed by atoms with Crippen LogP contribution in [0.25, 0.3) is 0 Å². The van der Waals surface area contributed by atoms with E-state index in [2.05, 4.69) is 11.9 Å². The van der Waals surface area contributed by atoms with Crippen molar-refractivity contribution in [3.05, 3.63) is 0 Å². The van der Waals surface area contributed by atoms with Crippen LogP contribution in [-0.4, -0.2) is 130 Å². The molecule has 1 saturated heterocycles. The number of hydrogen-bond acceptors (Lipinski definition) is 9. The molecule has 0 bridgehead atoms. The summed E-state index contributed by atoms with van der Waals surface area (Å²) in [5.74, 6) is 0. The minimum Gasteiger partial charge on any atom is -0.379 e. The third-order valence-electron chi connectivity index (χ3n) is 4.68. The Morgan fingerprint density at radius 2 is 0.839 bits per heavy atom. The van der Waals surface area contributed by atoms with Gasteiger partial charge in [0.15, 0.2) is 0 Å². The predicted molar refractivity (Wildman–Crippen MR) is 118 cm³/mol. The molecule has 9 nitrogen and oxygen atoms in total. The van der Waals surface area contributed by atoms with Crippen molar-refractivity contribution < 1.29 is 37.9 Å². The van der Waals surface area contributed by atoms with Crippen LogP contribution < -0.4 is 0 Å². The van der Waals surface area contributed by atoms with E-state index in [1.807, 2.05) is 6.92 Å². The number of likely N-dealkylation sites (tertiary alicyclic amines) is 1. The van der Waals surface area contributed by atoms with Gasteiger partial charge in [-0.1, -0.05) is 0 Å². The highest BCUT2D eigenvalue weighted by atomic mass is 16.6. The summed E-state index contributed by atoms with van der Waals surface area (Å²) in [7, 11) is 2.15. The van der Waals surface area contributed by atoms with Crippen LogP contribution in [0.2, 0.25) is 0 Å². The molecule has 186 valence electrons. The summed E-state index contributed by atoms with van der Waals surface area (Å²) in [5, 5.41) is 0. The number of nitrogens with zero attached hydrogens (tertiary/aromatic N) is 1. The standard InChI is InChI=1S/C22H45NO8/c1-3-24-8-9-25-10-11-26-12-13-27-14-15-28-16-17-29-18-19-30-20-21-31-22-4-6-23(2)7-5-22/h22H,3-21H2,1-2H3. The molecule has 1 fully saturated rings. The lowest BCUT2D eigenvalue weighted by atomic mass is 10.1. The molecule has 0 saturated carbocycles. The van der Waals surface area contributed by atoms with Crippen molar-refractivity contribution in [2.24, 2.45) is 0 Å². The van der Waals surface area contributed by atoms with Gasteiger partial charge in [0.05, 0.1) is 98.6 Å². The highest BCUT2D eigenvalue weighted by Crippen LogP contribution is 2.11. The van der Waals surface area contributed by atoms with E-state index in [-0.39, 0.29) is 0 Å². The Morgan fingerprint density at radius 3 is 1.19 bits per heavy atom. The van der Waals surface area contributed by atoms with Gasteiger partial charge in [-0.2, -0.15) is 0 Å². The first-order valence-corrected chi connectivity index (χ1v) is 11.7. The first kappa shape index (κ1) is 28.7. The topological polar surface area (TPSA) is 77.1 Å². The van der Waals surface area contributed by atoms with Gasteiger partial charge in [0.2, 0.25) is 0 Å². The minimum atomic E-state index is 0.389. The summed E-state index contributed by atoms with van der Waals surface area (Å²) < 4.78 is 43.7. The minimum absolute atomic E-state index is 0.389. The molecule has 9 heteroatoms. The highest BCUT2D eigenvalue weighted by molar-refractivity contribution is 4.69. The van der Waals surface area contributed by atoms with Crippen LogP contribution in [0.15, 0.2) is 0 Å². The Bertz CT molecular complexity index is 356. The van der Waals surface area contributed by atoms with Crippen molar-refractivity contribution in [2.45, 2.75) is 25.9 Å². The van der Waals surface area contributed by atoms with Crippen LogP contribution in [-0.2, 0) is 37.9 Å². The van der Waals surface area contributed by atoms with Crippen LogP contribution in [0.4, 0.5) is 0 Å². The average Bonchev–Trinajstić information content (AvgIpc) is 2.78. The monoisotopic (exact) mass is 451 g/mol. The van der Waals surface area contributed by atoms with Gasteiger partial charge >= 0.3 is 0 Å². The maximum atomic E-state index is 5.83. The molecule has 0 amide bonds. The second-order valence-electron chi connectivity index (χ2n) is 7.24. The van der Waals surface area contributed by atoms with Crippen LogP contribution in [0.1, 0.15) is 19.8 Å². The zero-order valence-corrected chi connectivity index (χ0v) is 19.7. The molecule has 0 atom stereocenters. The molecule has 0 unspecified atom stereocenters. The molecule has 0 radical (unpaired) electrons. The fraction of sp³-hybridized carbons (Fsp3) is 1.00. The molecule has 0 aromatic carbocycles. The van der Waals surface area contributed by atoms with E-state index in [0.717, 1.165) is 32.5 Å². The molecule has 0 aromatic heterocycles. The maximum absolute atomic E-state index is 5.83. The Hall–Kier alpha value is -0.360. The lowest BCUT2D eigenvalue weighted by molar-refractivity contribution is -0.0362. The fourth-order valence-corrected chi connectivity index (χ4v) is 2.89. The zero-order chi connectivity index (χ0) is 22.2. The molecular weight excluding hydrogens is 406 g/mol. The van der Waals surface area contributed by atoms with E-state index >= 15 is 0 Å². The van der Waals surface area contributed by atoms with Gasteiger partial charge in [-0.3, -0.25) is 0 Å². The molecule has 0 aliphatic carbocycles. The lowest BCUT2D eigenvalue weighted by Crippen LogP contribution is -2.34. The molecule has 0 spiro atoms. The smallest absolute Gasteiger partial charge is 0.0704 e. The van der Waals surface area contributed by atoms with Gasteiger partial charge in [0, 0.05) is 19.7 Å². The highest BCUT2D eigenvalue weighted by Gasteiger charge is 2.16. The quantitative estimate of drug-likeness (QED) is 0.213. The average molecular weight is 452 g/mol. The Labute approximate surface area is 188 Å². The predicted octanol–water partition coefficient (Wildman–Crippen LogP) is 1.23. The van der Waals surface area contributed by atoms with Crippen molar-refractivity contribution in [3.63, 3.8) is 0 Å². The Kier molecular flexibility index (Phi) is 21.1. The normalized spacial score (nSPS) is 15.7. The maximum Gasteiger partial charge on any atom is 0.0704 e. The zero-order valence-electron chi connectivity index (χ0n) is 19.7. The molecule has 1 rings (SSSR count). The van der Waals surface area contributed by atoms with Crippen molar-refractivity contribution >= 4 is 0 Å². The second-order valence-corrected chi connectivity index (χ2v) is 7.24. The Morgan fingerprint density at radius 1 is 0.516 bits per heavy atom. The van der Waals surface area contributed by atoms with E-state index < -0.39 is 0 Å². The van der Waals surface area contributed by atoms with Crippen molar-refractivity contribution in [3.8, 4) is 0 Å². The van der Waals surface area contributed by atoms with Gasteiger partial charge in [-0.15, -0.1) is 0 Å². The number of ether oxygens (including phenoxy) is 8. The lowest BCUT2D eigenvalue weighted by Gasteiger charge is -2.28. The summed E-state index contributed by atoms with van der Waals surface area (Å²) >= 11 is 0. The Balaban J connectivity index is 1.64. The number of hydrogen-bond donors (Lipinski definition) is 0. The summed E-state index contributed by atoms with van der Waals surface area (Å²) in [5.41, 5.74) is 0. The first-order chi connectivity index (χ1) is 15.3. The van der Waals surface area contributed by atoms with Crippen LogP contribution in [0, 0.1) is 0 Å². The van der Waals surface area contributed by atoms with Gasteiger partial charge in [-0.05, 0) is 26.8 Å². The van der Waals surface area contributed by atoms with Gasteiger partial charge in [-0.25, -0.2) is 0 Å². The number of piperidine rings is 1. The van der Waals surface area contributed by atoms with E-state index in [4.69, 9.17) is 37.9 Å². The molecule has 1 heterocycles. The molecule has 0 aromatic rings. The largest absolute Gasteiger partial charge is 0.379 e. The van der Waals surface area contributed by atoms with Crippen LogP contribution >= 0.6 is 0 Å². The summed E-state index contributed by atoms with van der Waals surface area (Å²) in [6.45, 7) is 13.1. The molecular formula is C22H45NO8. The molecule has 1 aliphatic rings. The SMILES string of the molecule is CCOCCOCCOCCOCCOCCOCCOCCOC1CCN(C)CC1. The summed E-state index contributed by atoms with van der Waals surface area (Å²) in [6, 6.07) is 0. The van der Waals surface area contributed by atoms with Crippen LogP contribution in [0.3, 0.4) is 0 Å². The van der Waals surface area contributed by atoms with Gasteiger partial charge < -0.3 is 42.8 Å². The molecule has 31 heavy (non-hydrogen) atoms. The van der Waals surface area contributed by atoms with Gasteiger partial charge in [0.25, 0.3) is 0 Å². The van der Waals surface area contributed by atoms with E-state index in [1.165, 1.54) is 0 Å². The molecule has 0 N–H and O–H groups in total. The van der Waals surface area contributed by atoms with Crippen molar-refractivity contribution in [1.82, 2.24) is 4.90 Å². The van der Waals surface area contributed by atoms with Crippen molar-refractivity contribution in [1.29, 1.82) is 0 Å². The second kappa shape index (κ2) is 22.8.